The summed E-state index contributed by atoms with van der Waals surface area (Å²) in [6.45, 7) is 1.38. The Balaban J connectivity index is 1.86. The molecule has 0 atom stereocenters. The third-order valence-corrected chi connectivity index (χ3v) is 3.84. The molecule has 6 nitrogen and oxygen atoms in total. The number of rotatable bonds is 9. The third-order valence-electron chi connectivity index (χ3n) is 3.84. The Kier molecular flexibility index (Phi) is 7.64. The zero-order valence-electron chi connectivity index (χ0n) is 15.1. The van der Waals surface area contributed by atoms with Gasteiger partial charge >= 0.3 is 0 Å². The Labute approximate surface area is 153 Å². The summed E-state index contributed by atoms with van der Waals surface area (Å²) in [7, 11) is 3.20. The van der Waals surface area contributed by atoms with Crippen LogP contribution in [0.4, 0.5) is 0 Å². The van der Waals surface area contributed by atoms with Gasteiger partial charge in [-0.15, -0.1) is 0 Å². The van der Waals surface area contributed by atoms with Gasteiger partial charge in [-0.25, -0.2) is 0 Å². The van der Waals surface area contributed by atoms with Crippen molar-refractivity contribution in [2.75, 3.05) is 33.9 Å². The van der Waals surface area contributed by atoms with E-state index >= 15 is 0 Å². The number of hydrogen-bond donors (Lipinski definition) is 2. The Morgan fingerprint density at radius 3 is 2.08 bits per heavy atom. The molecule has 0 aromatic heterocycles. The molecule has 2 rings (SSSR count). The predicted octanol–water partition coefficient (Wildman–Crippen LogP) is 2.04. The Morgan fingerprint density at radius 2 is 1.50 bits per heavy atom. The summed E-state index contributed by atoms with van der Waals surface area (Å²) >= 11 is 0. The Bertz CT molecular complexity index is 729. The smallest absolute Gasteiger partial charge is 0.251 e. The first-order valence-electron chi connectivity index (χ1n) is 8.42. The van der Waals surface area contributed by atoms with Crippen molar-refractivity contribution in [2.45, 2.75) is 6.42 Å². The lowest BCUT2D eigenvalue weighted by Gasteiger charge is -2.08. The molecule has 2 amide bonds. The van der Waals surface area contributed by atoms with Gasteiger partial charge in [0.05, 0.1) is 13.7 Å². The summed E-state index contributed by atoms with van der Waals surface area (Å²) in [4.78, 5) is 24.3. The molecule has 0 saturated carbocycles. The molecule has 0 saturated heterocycles. The van der Waals surface area contributed by atoms with Gasteiger partial charge in [-0.2, -0.15) is 0 Å². The van der Waals surface area contributed by atoms with E-state index in [0.29, 0.717) is 37.2 Å². The maximum atomic E-state index is 12.3. The van der Waals surface area contributed by atoms with Crippen molar-refractivity contribution in [3.8, 4) is 5.75 Å². The lowest BCUT2D eigenvalue weighted by molar-refractivity contribution is 0.0937. The monoisotopic (exact) mass is 356 g/mol. The van der Waals surface area contributed by atoms with Crippen LogP contribution in [0, 0.1) is 0 Å². The molecular weight excluding hydrogens is 332 g/mol. The fraction of sp³-hybridized carbons (Fsp3) is 0.300. The summed E-state index contributed by atoms with van der Waals surface area (Å²) in [5.74, 6) is 0.373. The molecule has 0 aliphatic heterocycles. The second-order valence-corrected chi connectivity index (χ2v) is 5.68. The molecule has 0 radical (unpaired) electrons. The fourth-order valence-corrected chi connectivity index (χ4v) is 2.38. The van der Waals surface area contributed by atoms with Crippen LogP contribution < -0.4 is 15.4 Å². The van der Waals surface area contributed by atoms with Gasteiger partial charge in [0.1, 0.15) is 5.75 Å². The molecule has 0 bridgehead atoms. The SMILES string of the molecule is COCCNC(=O)c1cccc(C(=O)NCCc2ccc(OC)cc2)c1. The van der Waals surface area contributed by atoms with E-state index in [1.165, 1.54) is 0 Å². The summed E-state index contributed by atoms with van der Waals surface area (Å²) in [6, 6.07) is 14.4. The molecule has 0 aliphatic rings. The molecule has 2 N–H and O–H groups in total. The van der Waals surface area contributed by atoms with Crippen LogP contribution in [0.25, 0.3) is 0 Å². The minimum absolute atomic E-state index is 0.204. The molecule has 0 aliphatic carbocycles. The summed E-state index contributed by atoms with van der Waals surface area (Å²) in [5.41, 5.74) is 2.01. The average molecular weight is 356 g/mol. The highest BCUT2D eigenvalue weighted by Gasteiger charge is 2.10. The number of carbonyl (C=O) groups is 2. The van der Waals surface area contributed by atoms with Gasteiger partial charge in [0, 0.05) is 31.3 Å². The van der Waals surface area contributed by atoms with E-state index in [2.05, 4.69) is 10.6 Å². The number of amides is 2. The van der Waals surface area contributed by atoms with Gasteiger partial charge in [-0.3, -0.25) is 9.59 Å². The number of ether oxygens (including phenoxy) is 2. The standard InChI is InChI=1S/C20H24N2O4/c1-25-13-12-22-20(24)17-5-3-4-16(14-17)19(23)21-11-10-15-6-8-18(26-2)9-7-15/h3-9,14H,10-13H2,1-2H3,(H,21,23)(H,22,24). The van der Waals surface area contributed by atoms with Crippen molar-refractivity contribution in [3.05, 3.63) is 65.2 Å². The lowest BCUT2D eigenvalue weighted by Crippen LogP contribution is -2.28. The van der Waals surface area contributed by atoms with Crippen molar-refractivity contribution in [1.82, 2.24) is 10.6 Å². The minimum atomic E-state index is -0.227. The zero-order valence-corrected chi connectivity index (χ0v) is 15.1. The van der Waals surface area contributed by atoms with Gasteiger partial charge < -0.3 is 20.1 Å². The molecular formula is C20H24N2O4. The van der Waals surface area contributed by atoms with Crippen LogP contribution in [-0.4, -0.2) is 45.7 Å². The first kappa shape index (κ1) is 19.5. The van der Waals surface area contributed by atoms with Crippen LogP contribution in [0.1, 0.15) is 26.3 Å². The lowest BCUT2D eigenvalue weighted by atomic mass is 10.1. The van der Waals surface area contributed by atoms with Crippen molar-refractivity contribution in [3.63, 3.8) is 0 Å². The Hall–Kier alpha value is -2.86. The van der Waals surface area contributed by atoms with Crippen molar-refractivity contribution in [1.29, 1.82) is 0 Å². The van der Waals surface area contributed by atoms with Gasteiger partial charge in [0.2, 0.25) is 0 Å². The largest absolute Gasteiger partial charge is 0.497 e. The van der Waals surface area contributed by atoms with E-state index in [-0.39, 0.29) is 11.8 Å². The van der Waals surface area contributed by atoms with E-state index in [1.807, 2.05) is 24.3 Å². The van der Waals surface area contributed by atoms with E-state index in [4.69, 9.17) is 9.47 Å². The molecule has 138 valence electrons. The van der Waals surface area contributed by atoms with E-state index < -0.39 is 0 Å². The highest BCUT2D eigenvalue weighted by atomic mass is 16.5. The second-order valence-electron chi connectivity index (χ2n) is 5.68. The maximum Gasteiger partial charge on any atom is 0.251 e. The molecule has 6 heteroatoms. The third kappa shape index (κ3) is 5.89. The average Bonchev–Trinajstić information content (AvgIpc) is 2.68. The van der Waals surface area contributed by atoms with Crippen LogP contribution in [0.3, 0.4) is 0 Å². The quantitative estimate of drug-likeness (QED) is 0.674. The van der Waals surface area contributed by atoms with Crippen molar-refractivity contribution >= 4 is 11.8 Å². The van der Waals surface area contributed by atoms with Crippen LogP contribution in [0.2, 0.25) is 0 Å². The molecule has 0 unspecified atom stereocenters. The summed E-state index contributed by atoms with van der Waals surface area (Å²) in [5, 5.41) is 5.61. The molecule has 26 heavy (non-hydrogen) atoms. The zero-order chi connectivity index (χ0) is 18.8. The first-order chi connectivity index (χ1) is 12.6. The molecule has 2 aromatic carbocycles. The van der Waals surface area contributed by atoms with Crippen molar-refractivity contribution in [2.24, 2.45) is 0 Å². The molecule has 0 heterocycles. The van der Waals surface area contributed by atoms with Gasteiger partial charge in [-0.1, -0.05) is 18.2 Å². The minimum Gasteiger partial charge on any atom is -0.497 e. The number of nitrogens with one attached hydrogen (secondary N) is 2. The highest BCUT2D eigenvalue weighted by Crippen LogP contribution is 2.11. The van der Waals surface area contributed by atoms with Crippen molar-refractivity contribution < 1.29 is 19.1 Å². The van der Waals surface area contributed by atoms with Gasteiger partial charge in [0.15, 0.2) is 0 Å². The normalized spacial score (nSPS) is 10.2. The topological polar surface area (TPSA) is 76.7 Å². The fourth-order valence-electron chi connectivity index (χ4n) is 2.38. The number of carbonyl (C=O) groups excluding carboxylic acids is 2. The molecule has 0 spiro atoms. The van der Waals surface area contributed by atoms with E-state index in [9.17, 15) is 9.59 Å². The Morgan fingerprint density at radius 1 is 0.885 bits per heavy atom. The first-order valence-corrected chi connectivity index (χ1v) is 8.42. The van der Waals surface area contributed by atoms with Crippen LogP contribution >= 0.6 is 0 Å². The van der Waals surface area contributed by atoms with Crippen LogP contribution in [0.15, 0.2) is 48.5 Å². The summed E-state index contributed by atoms with van der Waals surface area (Å²) in [6.07, 6.45) is 0.715. The maximum absolute atomic E-state index is 12.3. The number of hydrogen-bond acceptors (Lipinski definition) is 4. The predicted molar refractivity (Wildman–Crippen MR) is 99.7 cm³/mol. The highest BCUT2D eigenvalue weighted by molar-refractivity contribution is 5.99. The number of methoxy groups -OCH3 is 2. The number of benzene rings is 2. The summed E-state index contributed by atoms with van der Waals surface area (Å²) < 4.78 is 10.0. The van der Waals surface area contributed by atoms with Crippen LogP contribution in [-0.2, 0) is 11.2 Å². The molecule has 0 fully saturated rings. The van der Waals surface area contributed by atoms with E-state index in [1.54, 1.807) is 38.5 Å². The van der Waals surface area contributed by atoms with Gasteiger partial charge in [-0.05, 0) is 42.3 Å². The second kappa shape index (κ2) is 10.2. The van der Waals surface area contributed by atoms with Gasteiger partial charge in [0.25, 0.3) is 11.8 Å². The van der Waals surface area contributed by atoms with E-state index in [0.717, 1.165) is 11.3 Å². The molecule has 2 aromatic rings. The van der Waals surface area contributed by atoms with Crippen LogP contribution in [0.5, 0.6) is 5.75 Å².